The summed E-state index contributed by atoms with van der Waals surface area (Å²) in [6, 6.07) is 0.0687. The van der Waals surface area contributed by atoms with Gasteiger partial charge in [-0.2, -0.15) is 4.37 Å². The lowest BCUT2D eigenvalue weighted by Gasteiger charge is -2.25. The number of carbonyl (C=O) groups excluding carboxylic acids is 1. The van der Waals surface area contributed by atoms with Gasteiger partial charge in [-0.05, 0) is 25.7 Å². The van der Waals surface area contributed by atoms with Crippen LogP contribution in [0.5, 0.6) is 0 Å². The molecule has 1 aliphatic heterocycles. The van der Waals surface area contributed by atoms with Crippen LogP contribution >= 0.6 is 11.5 Å². The molecule has 1 fully saturated rings. The van der Waals surface area contributed by atoms with E-state index in [1.54, 1.807) is 0 Å². The highest BCUT2D eigenvalue weighted by Gasteiger charge is 2.28. The number of carbonyl (C=O) groups is 1. The summed E-state index contributed by atoms with van der Waals surface area (Å²) < 4.78 is 6.45. The third-order valence-corrected chi connectivity index (χ3v) is 4.83. The Labute approximate surface area is 132 Å². The molecule has 2 N–H and O–H groups in total. The Morgan fingerprint density at radius 2 is 2.32 bits per heavy atom. The van der Waals surface area contributed by atoms with Crippen molar-refractivity contribution in [3.63, 3.8) is 0 Å². The maximum Gasteiger partial charge on any atom is 0.321 e. The zero-order chi connectivity index (χ0) is 14.9. The Kier molecular flexibility index (Phi) is 3.53. The number of hydrogen-bond donors (Lipinski definition) is 2. The Hall–Kier alpha value is -1.96. The van der Waals surface area contributed by atoms with Crippen molar-refractivity contribution in [3.05, 3.63) is 24.0 Å². The second-order valence-electron chi connectivity index (χ2n) is 5.86. The fraction of sp³-hybridized carbons (Fsp3) is 0.571. The number of nitrogens with one attached hydrogen (secondary N) is 2. The van der Waals surface area contributed by atoms with Gasteiger partial charge in [0.05, 0.1) is 6.04 Å². The maximum absolute atomic E-state index is 12.0. The molecule has 0 aromatic carbocycles. The van der Waals surface area contributed by atoms with Gasteiger partial charge in [-0.1, -0.05) is 0 Å². The van der Waals surface area contributed by atoms with Crippen LogP contribution in [0.15, 0.2) is 12.4 Å². The number of imidazole rings is 1. The molecule has 2 aromatic rings. The second kappa shape index (κ2) is 5.68. The van der Waals surface area contributed by atoms with Gasteiger partial charge in [-0.15, -0.1) is 0 Å². The molecule has 2 aliphatic rings. The van der Waals surface area contributed by atoms with E-state index in [1.807, 2.05) is 12.4 Å². The van der Waals surface area contributed by atoms with Crippen molar-refractivity contribution in [3.8, 4) is 0 Å². The minimum atomic E-state index is -0.217. The van der Waals surface area contributed by atoms with Gasteiger partial charge in [0.15, 0.2) is 0 Å². The number of fused-ring (bicyclic) bond motifs is 1. The van der Waals surface area contributed by atoms with Gasteiger partial charge in [-0.25, -0.2) is 14.8 Å². The van der Waals surface area contributed by atoms with Crippen molar-refractivity contribution in [2.24, 2.45) is 0 Å². The van der Waals surface area contributed by atoms with Gasteiger partial charge in [-0.3, -0.25) is 5.32 Å². The Morgan fingerprint density at radius 1 is 1.41 bits per heavy atom. The smallest absolute Gasteiger partial charge is 0.321 e. The van der Waals surface area contributed by atoms with Crippen LogP contribution in [0.3, 0.4) is 0 Å². The lowest BCUT2D eigenvalue weighted by Crippen LogP contribution is -2.35. The molecular weight excluding hydrogens is 300 g/mol. The third-order valence-electron chi connectivity index (χ3n) is 4.18. The molecular formula is C14H18N6OS. The highest BCUT2D eigenvalue weighted by molar-refractivity contribution is 7.09. The summed E-state index contributed by atoms with van der Waals surface area (Å²) in [6.45, 7) is 0.601. The quantitative estimate of drug-likeness (QED) is 0.906. The molecule has 7 nitrogen and oxygen atoms in total. The first-order valence-corrected chi connectivity index (χ1v) is 8.47. The van der Waals surface area contributed by atoms with Gasteiger partial charge < -0.3 is 9.88 Å². The van der Waals surface area contributed by atoms with Gasteiger partial charge in [0.2, 0.25) is 5.13 Å². The molecule has 0 bridgehead atoms. The molecule has 116 valence electrons. The summed E-state index contributed by atoms with van der Waals surface area (Å²) in [4.78, 5) is 20.7. The van der Waals surface area contributed by atoms with Crippen LogP contribution in [-0.4, -0.2) is 31.5 Å². The van der Waals surface area contributed by atoms with Gasteiger partial charge in [0.1, 0.15) is 11.6 Å². The van der Waals surface area contributed by atoms with Gasteiger partial charge in [0, 0.05) is 42.8 Å². The van der Waals surface area contributed by atoms with Crippen molar-refractivity contribution >= 4 is 22.7 Å². The van der Waals surface area contributed by atoms with E-state index in [2.05, 4.69) is 29.5 Å². The van der Waals surface area contributed by atoms with Crippen molar-refractivity contribution in [2.45, 2.75) is 44.1 Å². The van der Waals surface area contributed by atoms with Crippen LogP contribution in [-0.2, 0) is 6.42 Å². The number of anilines is 1. The van der Waals surface area contributed by atoms with E-state index in [0.29, 0.717) is 17.6 Å². The van der Waals surface area contributed by atoms with E-state index < -0.39 is 0 Å². The van der Waals surface area contributed by atoms with E-state index >= 15 is 0 Å². The standard InChI is InChI=1S/C14H18N6OS/c21-13(18-14-17-12(19-22-14)9-4-5-9)16-8-10-2-1-3-11-15-6-7-20(10)11/h6-7,9-10H,1-5,8H2,(H2,16,17,18,19,21). The largest absolute Gasteiger partial charge is 0.336 e. The molecule has 0 spiro atoms. The SMILES string of the molecule is O=C(NCC1CCCc2nccn21)Nc1nc(C2CC2)ns1. The number of urea groups is 1. The zero-order valence-electron chi connectivity index (χ0n) is 12.2. The molecule has 1 aliphatic carbocycles. The fourth-order valence-corrected chi connectivity index (χ4v) is 3.49. The van der Waals surface area contributed by atoms with Gasteiger partial charge in [0.25, 0.3) is 0 Å². The van der Waals surface area contributed by atoms with Crippen LogP contribution in [0, 0.1) is 0 Å². The van der Waals surface area contributed by atoms with E-state index in [-0.39, 0.29) is 12.1 Å². The molecule has 1 unspecified atom stereocenters. The molecule has 22 heavy (non-hydrogen) atoms. The normalized spacial score (nSPS) is 20.5. The van der Waals surface area contributed by atoms with Gasteiger partial charge >= 0.3 is 6.03 Å². The lowest BCUT2D eigenvalue weighted by atomic mass is 10.0. The summed E-state index contributed by atoms with van der Waals surface area (Å²) in [7, 11) is 0. The topological polar surface area (TPSA) is 84.7 Å². The summed E-state index contributed by atoms with van der Waals surface area (Å²) in [5, 5.41) is 6.27. The van der Waals surface area contributed by atoms with Crippen LogP contribution in [0.4, 0.5) is 9.93 Å². The van der Waals surface area contributed by atoms with Crippen molar-refractivity contribution in [1.82, 2.24) is 24.2 Å². The lowest BCUT2D eigenvalue weighted by molar-refractivity contribution is 0.248. The molecule has 2 aromatic heterocycles. The van der Waals surface area contributed by atoms with Crippen molar-refractivity contribution in [1.29, 1.82) is 0 Å². The van der Waals surface area contributed by atoms with E-state index in [1.165, 1.54) is 11.5 Å². The Bertz CT molecular complexity index is 676. The highest BCUT2D eigenvalue weighted by atomic mass is 32.1. The summed E-state index contributed by atoms with van der Waals surface area (Å²) in [5.74, 6) is 2.49. The molecule has 0 radical (unpaired) electrons. The van der Waals surface area contributed by atoms with Crippen molar-refractivity contribution in [2.75, 3.05) is 11.9 Å². The first-order chi connectivity index (χ1) is 10.8. The number of amides is 2. The first-order valence-electron chi connectivity index (χ1n) is 7.70. The third kappa shape index (κ3) is 2.83. The Balaban J connectivity index is 1.31. The van der Waals surface area contributed by atoms with Crippen LogP contribution in [0.1, 0.15) is 49.3 Å². The first kappa shape index (κ1) is 13.7. The van der Waals surface area contributed by atoms with E-state index in [4.69, 9.17) is 0 Å². The second-order valence-corrected chi connectivity index (χ2v) is 6.62. The molecule has 8 heteroatoms. The summed E-state index contributed by atoms with van der Waals surface area (Å²) in [5.41, 5.74) is 0. The molecule has 1 saturated carbocycles. The number of aryl methyl sites for hydroxylation is 1. The van der Waals surface area contributed by atoms with E-state index in [0.717, 1.165) is 43.8 Å². The highest BCUT2D eigenvalue weighted by Crippen LogP contribution is 2.39. The molecule has 2 amide bonds. The minimum Gasteiger partial charge on any atom is -0.336 e. The predicted molar refractivity (Wildman–Crippen MR) is 83.1 cm³/mol. The van der Waals surface area contributed by atoms with Crippen LogP contribution < -0.4 is 10.6 Å². The van der Waals surface area contributed by atoms with E-state index in [9.17, 15) is 4.79 Å². The summed E-state index contributed by atoms with van der Waals surface area (Å²) >= 11 is 1.25. The molecule has 1 atom stereocenters. The number of nitrogens with zero attached hydrogens (tertiary/aromatic N) is 4. The number of aromatic nitrogens is 4. The van der Waals surface area contributed by atoms with Crippen LogP contribution in [0.2, 0.25) is 0 Å². The average Bonchev–Trinajstić information content (AvgIpc) is 3.07. The average molecular weight is 318 g/mol. The van der Waals surface area contributed by atoms with Crippen molar-refractivity contribution < 1.29 is 4.79 Å². The van der Waals surface area contributed by atoms with Crippen LogP contribution in [0.25, 0.3) is 0 Å². The zero-order valence-corrected chi connectivity index (χ0v) is 13.0. The monoisotopic (exact) mass is 318 g/mol. The number of rotatable bonds is 4. The Morgan fingerprint density at radius 3 is 3.18 bits per heavy atom. The molecule has 0 saturated heterocycles. The fourth-order valence-electron chi connectivity index (χ4n) is 2.85. The predicted octanol–water partition coefficient (Wildman–Crippen LogP) is 2.31. The number of hydrogen-bond acceptors (Lipinski definition) is 5. The molecule has 4 rings (SSSR count). The minimum absolute atomic E-state index is 0.217. The molecule has 3 heterocycles. The maximum atomic E-state index is 12.0. The summed E-state index contributed by atoms with van der Waals surface area (Å²) in [6.07, 6.45) is 9.35.